The second kappa shape index (κ2) is 8.39. The first kappa shape index (κ1) is 18.6. The maximum Gasteiger partial charge on any atom is 0.240 e. The summed E-state index contributed by atoms with van der Waals surface area (Å²) in [6, 6.07) is 9.52. The van der Waals surface area contributed by atoms with Gasteiger partial charge in [0.2, 0.25) is 15.9 Å². The Morgan fingerprint density at radius 3 is 2.54 bits per heavy atom. The highest BCUT2D eigenvalue weighted by Crippen LogP contribution is 2.16. The third-order valence-corrected chi connectivity index (χ3v) is 5.62. The van der Waals surface area contributed by atoms with Crippen LogP contribution in [0.4, 0.5) is 5.69 Å². The van der Waals surface area contributed by atoms with Crippen molar-refractivity contribution >= 4 is 33.0 Å². The number of sulfonamides is 1. The van der Waals surface area contributed by atoms with Gasteiger partial charge in [-0.05, 0) is 42.6 Å². The molecule has 0 radical (unpaired) electrons. The Morgan fingerprint density at radius 1 is 1.25 bits per heavy atom. The number of amides is 1. The molecule has 1 atom stereocenters. The molecule has 1 heterocycles. The summed E-state index contributed by atoms with van der Waals surface area (Å²) in [6.07, 6.45) is 0.299. The van der Waals surface area contributed by atoms with Gasteiger partial charge in [-0.1, -0.05) is 6.07 Å². The second-order valence-electron chi connectivity index (χ2n) is 5.31. The van der Waals surface area contributed by atoms with E-state index in [0.717, 1.165) is 4.88 Å². The van der Waals surface area contributed by atoms with Gasteiger partial charge >= 0.3 is 0 Å². The molecule has 0 aliphatic carbocycles. The Bertz CT molecular complexity index is 756. The van der Waals surface area contributed by atoms with Crippen LogP contribution in [0.15, 0.2) is 46.7 Å². The number of ether oxygens (including phenoxy) is 1. The first-order valence-corrected chi connectivity index (χ1v) is 9.70. The lowest BCUT2D eigenvalue weighted by atomic mass is 10.3. The summed E-state index contributed by atoms with van der Waals surface area (Å²) in [5, 5.41) is 4.67. The predicted molar refractivity (Wildman–Crippen MR) is 94.8 cm³/mol. The van der Waals surface area contributed by atoms with Crippen LogP contribution < -0.4 is 10.0 Å². The van der Waals surface area contributed by atoms with Crippen molar-refractivity contribution in [1.82, 2.24) is 4.72 Å². The zero-order valence-electron chi connectivity index (χ0n) is 13.5. The van der Waals surface area contributed by atoms with E-state index in [1.165, 1.54) is 30.6 Å². The van der Waals surface area contributed by atoms with Crippen molar-refractivity contribution in [2.24, 2.45) is 0 Å². The van der Waals surface area contributed by atoms with Crippen LogP contribution in [0.1, 0.15) is 11.8 Å². The lowest BCUT2D eigenvalue weighted by molar-refractivity contribution is -0.115. The van der Waals surface area contributed by atoms with E-state index in [-0.39, 0.29) is 23.5 Å². The highest BCUT2D eigenvalue weighted by Gasteiger charge is 2.17. The van der Waals surface area contributed by atoms with Crippen LogP contribution in [-0.4, -0.2) is 34.1 Å². The average Bonchev–Trinajstić information content (AvgIpc) is 3.00. The summed E-state index contributed by atoms with van der Waals surface area (Å²) in [6.45, 7) is 2.01. The molecule has 1 aromatic carbocycles. The van der Waals surface area contributed by atoms with Crippen LogP contribution in [0, 0.1) is 0 Å². The number of thiophene rings is 1. The van der Waals surface area contributed by atoms with E-state index < -0.39 is 10.0 Å². The third-order valence-electron chi connectivity index (χ3n) is 3.14. The van der Waals surface area contributed by atoms with Gasteiger partial charge in [-0.2, -0.15) is 0 Å². The van der Waals surface area contributed by atoms with Crippen LogP contribution in [0.2, 0.25) is 0 Å². The van der Waals surface area contributed by atoms with E-state index in [0.29, 0.717) is 12.1 Å². The van der Waals surface area contributed by atoms with Gasteiger partial charge in [-0.3, -0.25) is 4.79 Å². The Hall–Kier alpha value is -1.74. The average molecular weight is 368 g/mol. The molecule has 8 heteroatoms. The highest BCUT2D eigenvalue weighted by molar-refractivity contribution is 7.89. The first-order chi connectivity index (χ1) is 11.4. The van der Waals surface area contributed by atoms with Crippen molar-refractivity contribution in [3.8, 4) is 0 Å². The van der Waals surface area contributed by atoms with Gasteiger partial charge in [0.25, 0.3) is 0 Å². The van der Waals surface area contributed by atoms with Crippen LogP contribution in [0.5, 0.6) is 0 Å². The maximum atomic E-state index is 12.2. The molecule has 0 aliphatic rings. The quantitative estimate of drug-likeness (QED) is 0.748. The Morgan fingerprint density at radius 2 is 1.96 bits per heavy atom. The zero-order chi connectivity index (χ0) is 17.6. The molecule has 0 bridgehead atoms. The lowest BCUT2D eigenvalue weighted by Crippen LogP contribution is -2.35. The SMILES string of the molecule is COCC(C)NS(=O)(=O)c1ccc(NC(=O)Cc2cccs2)cc1. The Kier molecular flexibility index (Phi) is 6.50. The summed E-state index contributed by atoms with van der Waals surface area (Å²) in [5.74, 6) is -0.139. The fourth-order valence-corrected chi connectivity index (χ4v) is 4.04. The number of hydrogen-bond acceptors (Lipinski definition) is 5. The second-order valence-corrected chi connectivity index (χ2v) is 8.05. The van der Waals surface area contributed by atoms with Crippen molar-refractivity contribution in [2.75, 3.05) is 19.0 Å². The van der Waals surface area contributed by atoms with Crippen molar-refractivity contribution in [3.05, 3.63) is 46.7 Å². The molecule has 24 heavy (non-hydrogen) atoms. The van der Waals surface area contributed by atoms with E-state index in [2.05, 4.69) is 10.0 Å². The minimum Gasteiger partial charge on any atom is -0.383 e. The molecular weight excluding hydrogens is 348 g/mol. The van der Waals surface area contributed by atoms with Crippen LogP contribution in [0.25, 0.3) is 0 Å². The van der Waals surface area contributed by atoms with Gasteiger partial charge in [0.15, 0.2) is 0 Å². The molecule has 0 saturated heterocycles. The topological polar surface area (TPSA) is 84.5 Å². The summed E-state index contributed by atoms with van der Waals surface area (Å²) >= 11 is 1.52. The molecule has 1 unspecified atom stereocenters. The van der Waals surface area contributed by atoms with E-state index in [1.807, 2.05) is 17.5 Å². The number of anilines is 1. The van der Waals surface area contributed by atoms with Crippen LogP contribution in [-0.2, 0) is 26.0 Å². The molecule has 2 rings (SSSR count). The molecule has 130 valence electrons. The van der Waals surface area contributed by atoms with Gasteiger partial charge in [0.1, 0.15) is 0 Å². The first-order valence-electron chi connectivity index (χ1n) is 7.34. The fourth-order valence-electron chi connectivity index (χ4n) is 2.11. The number of benzene rings is 1. The van der Waals surface area contributed by atoms with Gasteiger partial charge in [0.05, 0.1) is 17.9 Å². The minimum absolute atomic E-state index is 0.139. The van der Waals surface area contributed by atoms with Gasteiger partial charge in [-0.25, -0.2) is 13.1 Å². The summed E-state index contributed by atoms with van der Waals surface area (Å²) in [7, 11) is -2.10. The van der Waals surface area contributed by atoms with E-state index >= 15 is 0 Å². The number of carbonyl (C=O) groups is 1. The van der Waals surface area contributed by atoms with Crippen molar-refractivity contribution in [1.29, 1.82) is 0 Å². The monoisotopic (exact) mass is 368 g/mol. The number of rotatable bonds is 8. The van der Waals surface area contributed by atoms with E-state index in [4.69, 9.17) is 4.74 Å². The zero-order valence-corrected chi connectivity index (χ0v) is 15.1. The minimum atomic E-state index is -3.61. The third kappa shape index (κ3) is 5.41. The summed E-state index contributed by atoms with van der Waals surface area (Å²) in [4.78, 5) is 13.0. The summed E-state index contributed by atoms with van der Waals surface area (Å²) < 4.78 is 31.9. The molecule has 0 spiro atoms. The summed E-state index contributed by atoms with van der Waals surface area (Å²) in [5.41, 5.74) is 0.556. The van der Waals surface area contributed by atoms with Gasteiger partial charge in [0, 0.05) is 23.7 Å². The van der Waals surface area contributed by atoms with Gasteiger partial charge in [-0.15, -0.1) is 11.3 Å². The number of carbonyl (C=O) groups excluding carboxylic acids is 1. The van der Waals surface area contributed by atoms with E-state index in [1.54, 1.807) is 19.1 Å². The van der Waals surface area contributed by atoms with Crippen molar-refractivity contribution in [3.63, 3.8) is 0 Å². The molecule has 0 fully saturated rings. The molecule has 0 aliphatic heterocycles. The van der Waals surface area contributed by atoms with Gasteiger partial charge < -0.3 is 10.1 Å². The van der Waals surface area contributed by atoms with Crippen LogP contribution in [0.3, 0.4) is 0 Å². The number of hydrogen-bond donors (Lipinski definition) is 2. The standard InChI is InChI=1S/C16H20N2O4S2/c1-12(11-22-2)18-24(20,21)15-7-5-13(6-8-15)17-16(19)10-14-4-3-9-23-14/h3-9,12,18H,10-11H2,1-2H3,(H,17,19). The molecule has 6 nitrogen and oxygen atoms in total. The highest BCUT2D eigenvalue weighted by atomic mass is 32.2. The molecule has 1 aromatic heterocycles. The molecule has 1 amide bonds. The normalized spacial score (nSPS) is 12.8. The number of methoxy groups -OCH3 is 1. The molecular formula is C16H20N2O4S2. The molecule has 0 saturated carbocycles. The van der Waals surface area contributed by atoms with Crippen molar-refractivity contribution < 1.29 is 17.9 Å². The lowest BCUT2D eigenvalue weighted by Gasteiger charge is -2.13. The predicted octanol–water partition coefficient (Wildman–Crippen LogP) is 2.24. The van der Waals surface area contributed by atoms with E-state index in [9.17, 15) is 13.2 Å². The van der Waals surface area contributed by atoms with Crippen molar-refractivity contribution in [2.45, 2.75) is 24.3 Å². The van der Waals surface area contributed by atoms with Crippen LogP contribution >= 0.6 is 11.3 Å². The Balaban J connectivity index is 1.98. The maximum absolute atomic E-state index is 12.2. The fraction of sp³-hybridized carbons (Fsp3) is 0.312. The molecule has 2 N–H and O–H groups in total. The Labute approximate surface area is 145 Å². The molecule has 2 aromatic rings. The largest absolute Gasteiger partial charge is 0.383 e. The smallest absolute Gasteiger partial charge is 0.240 e. The number of nitrogens with one attached hydrogen (secondary N) is 2.